The number of phenolic OH excluding ortho intramolecular Hbond substituents is 1. The van der Waals surface area contributed by atoms with Crippen molar-refractivity contribution in [1.82, 2.24) is 14.6 Å². The highest BCUT2D eigenvalue weighted by atomic mass is 19.4. The summed E-state index contributed by atoms with van der Waals surface area (Å²) in [5.74, 6) is -0.270. The second kappa shape index (κ2) is 8.58. The molecule has 4 rings (SSSR count). The number of carbonyl (C=O) groups is 1. The molecular formula is C23H19F3N4O4. The van der Waals surface area contributed by atoms with Crippen LogP contribution in [0.25, 0.3) is 16.9 Å². The van der Waals surface area contributed by atoms with Gasteiger partial charge in [0.25, 0.3) is 5.91 Å². The van der Waals surface area contributed by atoms with Gasteiger partial charge in [-0.15, -0.1) is 0 Å². The fourth-order valence-corrected chi connectivity index (χ4v) is 3.41. The van der Waals surface area contributed by atoms with E-state index in [-0.39, 0.29) is 28.3 Å². The number of carbonyl (C=O) groups excluding carboxylic acids is 1. The summed E-state index contributed by atoms with van der Waals surface area (Å²) in [5, 5.41) is 16.3. The first-order valence-corrected chi connectivity index (χ1v) is 9.91. The third-order valence-electron chi connectivity index (χ3n) is 5.09. The molecule has 0 aliphatic heterocycles. The number of rotatable bonds is 5. The largest absolute Gasteiger partial charge is 0.506 e. The number of aromatic nitrogens is 3. The molecule has 1 amide bonds. The number of hydrogen-bond donors (Lipinski definition) is 2. The van der Waals surface area contributed by atoms with E-state index in [1.165, 1.54) is 44.6 Å². The zero-order valence-electron chi connectivity index (χ0n) is 18.3. The molecule has 34 heavy (non-hydrogen) atoms. The number of fused-ring (bicyclic) bond motifs is 1. The summed E-state index contributed by atoms with van der Waals surface area (Å²) in [4.78, 5) is 17.2. The van der Waals surface area contributed by atoms with Crippen molar-refractivity contribution in [2.45, 2.75) is 13.1 Å². The highest BCUT2D eigenvalue weighted by Gasteiger charge is 2.36. The van der Waals surface area contributed by atoms with Gasteiger partial charge in [0.1, 0.15) is 11.3 Å². The Morgan fingerprint density at radius 1 is 1.06 bits per heavy atom. The normalized spacial score (nSPS) is 11.5. The second-order valence-corrected chi connectivity index (χ2v) is 7.36. The lowest BCUT2D eigenvalue weighted by Crippen LogP contribution is -2.16. The van der Waals surface area contributed by atoms with Gasteiger partial charge < -0.3 is 19.9 Å². The number of aryl methyl sites for hydroxylation is 1. The summed E-state index contributed by atoms with van der Waals surface area (Å²) in [6.07, 6.45) is -3.78. The van der Waals surface area contributed by atoms with Crippen LogP contribution in [0.2, 0.25) is 0 Å². The third-order valence-corrected chi connectivity index (χ3v) is 5.09. The highest BCUT2D eigenvalue weighted by molar-refractivity contribution is 6.08. The Hall–Kier alpha value is -4.28. The van der Waals surface area contributed by atoms with Crippen LogP contribution in [-0.2, 0) is 6.18 Å². The highest BCUT2D eigenvalue weighted by Crippen LogP contribution is 2.36. The van der Waals surface area contributed by atoms with Crippen LogP contribution in [-0.4, -0.2) is 39.8 Å². The molecule has 0 fully saturated rings. The third kappa shape index (κ3) is 4.19. The zero-order valence-corrected chi connectivity index (χ0v) is 18.3. The number of aromatic hydroxyl groups is 1. The fourth-order valence-electron chi connectivity index (χ4n) is 3.41. The number of ether oxygens (including phenoxy) is 2. The molecule has 0 saturated carbocycles. The Kier molecular flexibility index (Phi) is 5.78. The molecule has 0 aliphatic rings. The predicted molar refractivity (Wildman–Crippen MR) is 117 cm³/mol. The minimum atomic E-state index is -4.78. The summed E-state index contributed by atoms with van der Waals surface area (Å²) < 4.78 is 52.6. The van der Waals surface area contributed by atoms with Crippen LogP contribution < -0.4 is 14.8 Å². The SMILES string of the molecule is COc1ccc(-c2cc(C(F)(F)F)n3ncc(C(=O)Nc4cc(C)ccc4O)c3n2)cc1OC. The number of nitrogens with one attached hydrogen (secondary N) is 1. The summed E-state index contributed by atoms with van der Waals surface area (Å²) >= 11 is 0. The maximum Gasteiger partial charge on any atom is 0.433 e. The van der Waals surface area contributed by atoms with Crippen LogP contribution >= 0.6 is 0 Å². The van der Waals surface area contributed by atoms with Crippen LogP contribution in [0.5, 0.6) is 17.2 Å². The van der Waals surface area contributed by atoms with Gasteiger partial charge in [0.2, 0.25) is 0 Å². The molecule has 0 unspecified atom stereocenters. The maximum absolute atomic E-state index is 13.9. The van der Waals surface area contributed by atoms with E-state index in [4.69, 9.17) is 9.47 Å². The van der Waals surface area contributed by atoms with Gasteiger partial charge in [-0.2, -0.15) is 18.3 Å². The van der Waals surface area contributed by atoms with Crippen molar-refractivity contribution < 1.29 is 32.5 Å². The van der Waals surface area contributed by atoms with E-state index >= 15 is 0 Å². The molecule has 176 valence electrons. The molecular weight excluding hydrogens is 453 g/mol. The van der Waals surface area contributed by atoms with E-state index < -0.39 is 17.8 Å². The molecule has 11 heteroatoms. The van der Waals surface area contributed by atoms with Gasteiger partial charge >= 0.3 is 6.18 Å². The van der Waals surface area contributed by atoms with Crippen molar-refractivity contribution in [3.05, 3.63) is 65.5 Å². The van der Waals surface area contributed by atoms with Crippen molar-refractivity contribution in [3.8, 4) is 28.5 Å². The van der Waals surface area contributed by atoms with E-state index in [1.807, 2.05) is 0 Å². The van der Waals surface area contributed by atoms with Crippen molar-refractivity contribution in [3.63, 3.8) is 0 Å². The minimum Gasteiger partial charge on any atom is -0.506 e. The van der Waals surface area contributed by atoms with Gasteiger partial charge in [-0.1, -0.05) is 6.07 Å². The molecule has 4 aromatic rings. The van der Waals surface area contributed by atoms with Crippen molar-refractivity contribution in [2.75, 3.05) is 19.5 Å². The molecule has 0 saturated heterocycles. The number of hydrogen-bond acceptors (Lipinski definition) is 6. The average Bonchev–Trinajstić information content (AvgIpc) is 3.23. The van der Waals surface area contributed by atoms with Gasteiger partial charge in [-0.3, -0.25) is 4.79 Å². The van der Waals surface area contributed by atoms with E-state index in [0.717, 1.165) is 17.8 Å². The molecule has 0 spiro atoms. The molecule has 0 bridgehead atoms. The molecule has 0 radical (unpaired) electrons. The smallest absolute Gasteiger partial charge is 0.433 e. The first kappa shape index (κ1) is 22.9. The van der Waals surface area contributed by atoms with Gasteiger partial charge in [0, 0.05) is 5.56 Å². The number of methoxy groups -OCH3 is 2. The van der Waals surface area contributed by atoms with Crippen LogP contribution in [0.3, 0.4) is 0 Å². The number of nitrogens with zero attached hydrogens (tertiary/aromatic N) is 3. The van der Waals surface area contributed by atoms with Gasteiger partial charge in [0.15, 0.2) is 22.8 Å². The Labute approximate surface area is 191 Å². The van der Waals surface area contributed by atoms with Crippen molar-refractivity contribution in [2.24, 2.45) is 0 Å². The van der Waals surface area contributed by atoms with Gasteiger partial charge in [0.05, 0.1) is 31.8 Å². The quantitative estimate of drug-likeness (QED) is 0.409. The number of halogens is 3. The summed E-state index contributed by atoms with van der Waals surface area (Å²) in [6, 6.07) is 9.97. The molecule has 8 nitrogen and oxygen atoms in total. The standard InChI is InChI=1S/C23H19F3N4O4/c1-12-4-6-17(31)16(8-12)29-22(32)14-11-27-30-20(23(24,25)26)10-15(28-21(14)30)13-5-7-18(33-2)19(9-13)34-3/h4-11,31H,1-3H3,(H,29,32). The molecule has 0 aliphatic carbocycles. The van der Waals surface area contributed by atoms with Gasteiger partial charge in [-0.05, 0) is 48.9 Å². The predicted octanol–water partition coefficient (Wildman–Crippen LogP) is 4.70. The van der Waals surface area contributed by atoms with E-state index in [1.54, 1.807) is 13.0 Å². The number of benzene rings is 2. The first-order valence-electron chi connectivity index (χ1n) is 9.91. The number of phenols is 1. The summed E-state index contributed by atoms with van der Waals surface area (Å²) in [5.41, 5.74) is -0.474. The van der Waals surface area contributed by atoms with E-state index in [2.05, 4.69) is 15.4 Å². The topological polar surface area (TPSA) is 98.0 Å². The summed E-state index contributed by atoms with van der Waals surface area (Å²) in [6.45, 7) is 1.76. The molecule has 2 N–H and O–H groups in total. The molecule has 2 heterocycles. The monoisotopic (exact) mass is 472 g/mol. The van der Waals surface area contributed by atoms with Crippen LogP contribution in [0.1, 0.15) is 21.6 Å². The second-order valence-electron chi connectivity index (χ2n) is 7.36. The Bertz CT molecular complexity index is 1400. The number of amides is 1. The van der Waals surface area contributed by atoms with E-state index in [9.17, 15) is 23.1 Å². The van der Waals surface area contributed by atoms with Crippen molar-refractivity contribution in [1.29, 1.82) is 0 Å². The van der Waals surface area contributed by atoms with Crippen LogP contribution in [0, 0.1) is 6.92 Å². The number of alkyl halides is 3. The number of anilines is 1. The maximum atomic E-state index is 13.9. The Balaban J connectivity index is 1.86. The van der Waals surface area contributed by atoms with Crippen LogP contribution in [0.15, 0.2) is 48.7 Å². The molecule has 2 aromatic heterocycles. The Morgan fingerprint density at radius 2 is 1.79 bits per heavy atom. The Morgan fingerprint density at radius 3 is 2.47 bits per heavy atom. The summed E-state index contributed by atoms with van der Waals surface area (Å²) in [7, 11) is 2.84. The first-order chi connectivity index (χ1) is 16.1. The average molecular weight is 472 g/mol. The lowest BCUT2D eigenvalue weighted by atomic mass is 10.1. The van der Waals surface area contributed by atoms with E-state index in [0.29, 0.717) is 21.6 Å². The van der Waals surface area contributed by atoms with Gasteiger partial charge in [-0.25, -0.2) is 9.50 Å². The fraction of sp³-hybridized carbons (Fsp3) is 0.174. The zero-order chi connectivity index (χ0) is 24.6. The minimum absolute atomic E-state index is 0.0475. The molecule has 0 atom stereocenters. The van der Waals surface area contributed by atoms with Crippen molar-refractivity contribution >= 4 is 17.2 Å². The van der Waals surface area contributed by atoms with Crippen LogP contribution in [0.4, 0.5) is 18.9 Å². The lowest BCUT2D eigenvalue weighted by Gasteiger charge is -2.13. The lowest BCUT2D eigenvalue weighted by molar-refractivity contribution is -0.142. The molecule has 2 aromatic carbocycles.